The number of nitriles is 1. The summed E-state index contributed by atoms with van der Waals surface area (Å²) in [5, 5.41) is 28.5. The number of methoxy groups -OCH3 is 1. The fourth-order valence-electron chi connectivity index (χ4n) is 1.72. The zero-order valence-corrected chi connectivity index (χ0v) is 10.8. The fraction of sp³-hybridized carbons (Fsp3) is 0.231. The Morgan fingerprint density at radius 1 is 1.37 bits per heavy atom. The molecule has 1 aromatic heterocycles. The Labute approximate surface area is 114 Å². The smallest absolute Gasteiger partial charge is 0.170 e. The summed E-state index contributed by atoms with van der Waals surface area (Å²) in [5.41, 5.74) is 0.838. The van der Waals surface area contributed by atoms with Gasteiger partial charge in [-0.15, -0.1) is 0 Å². The number of rotatable bonds is 3. The SMILES string of the molecule is COc1ccc2nc(Cl)c(C(O)C(O)C#N)cc2c1. The third kappa shape index (κ3) is 2.61. The molecule has 1 heterocycles. The minimum absolute atomic E-state index is 0.0551. The maximum Gasteiger partial charge on any atom is 0.170 e. The number of aliphatic hydroxyl groups excluding tert-OH is 2. The lowest BCUT2D eigenvalue weighted by atomic mass is 10.0. The highest BCUT2D eigenvalue weighted by molar-refractivity contribution is 6.30. The van der Waals surface area contributed by atoms with Crippen LogP contribution in [0.15, 0.2) is 24.3 Å². The van der Waals surface area contributed by atoms with E-state index in [4.69, 9.17) is 21.6 Å². The molecule has 2 rings (SSSR count). The van der Waals surface area contributed by atoms with Crippen LogP contribution in [0.4, 0.5) is 0 Å². The second-order valence-electron chi connectivity index (χ2n) is 3.95. The number of nitrogens with zero attached hydrogens (tertiary/aromatic N) is 2. The third-order valence-electron chi connectivity index (χ3n) is 2.75. The molecule has 2 unspecified atom stereocenters. The molecule has 0 bridgehead atoms. The number of pyridine rings is 1. The maximum absolute atomic E-state index is 9.83. The molecule has 0 fully saturated rings. The summed E-state index contributed by atoms with van der Waals surface area (Å²) in [7, 11) is 1.54. The molecule has 0 aliphatic rings. The molecular weight excluding hydrogens is 268 g/mol. The first-order valence-electron chi connectivity index (χ1n) is 5.46. The lowest BCUT2D eigenvalue weighted by Gasteiger charge is -2.14. The summed E-state index contributed by atoms with van der Waals surface area (Å²) in [6.07, 6.45) is -2.96. The van der Waals surface area contributed by atoms with Crippen molar-refractivity contribution in [1.29, 1.82) is 5.26 Å². The standard InChI is InChI=1S/C13H11ClN2O3/c1-19-8-2-3-10-7(4-8)5-9(13(14)16-10)12(18)11(17)6-15/h2-5,11-12,17-18H,1H3. The molecule has 0 saturated carbocycles. The van der Waals surface area contributed by atoms with Gasteiger partial charge in [0.2, 0.25) is 0 Å². The van der Waals surface area contributed by atoms with E-state index in [0.29, 0.717) is 16.7 Å². The fourth-order valence-corrected chi connectivity index (χ4v) is 1.98. The van der Waals surface area contributed by atoms with Crippen molar-refractivity contribution in [2.24, 2.45) is 0 Å². The second kappa shape index (κ2) is 5.41. The minimum atomic E-state index is -1.55. The van der Waals surface area contributed by atoms with E-state index >= 15 is 0 Å². The molecule has 0 spiro atoms. The summed E-state index contributed by atoms with van der Waals surface area (Å²) in [6.45, 7) is 0. The van der Waals surface area contributed by atoms with Crippen molar-refractivity contribution in [1.82, 2.24) is 4.98 Å². The first kappa shape index (κ1) is 13.6. The molecule has 0 aliphatic heterocycles. The Morgan fingerprint density at radius 2 is 2.11 bits per heavy atom. The molecule has 1 aromatic carbocycles. The number of halogens is 1. The highest BCUT2D eigenvalue weighted by Crippen LogP contribution is 2.29. The normalized spacial score (nSPS) is 13.8. The lowest BCUT2D eigenvalue weighted by Crippen LogP contribution is -2.16. The Balaban J connectivity index is 2.56. The van der Waals surface area contributed by atoms with Crippen LogP contribution in [0, 0.1) is 11.3 Å². The van der Waals surface area contributed by atoms with E-state index in [0.717, 1.165) is 0 Å². The largest absolute Gasteiger partial charge is 0.497 e. The summed E-state index contributed by atoms with van der Waals surface area (Å²) < 4.78 is 5.10. The van der Waals surface area contributed by atoms with Gasteiger partial charge in [0.15, 0.2) is 6.10 Å². The van der Waals surface area contributed by atoms with Gasteiger partial charge in [-0.1, -0.05) is 11.6 Å². The van der Waals surface area contributed by atoms with Crippen LogP contribution in [0.2, 0.25) is 5.15 Å². The Morgan fingerprint density at radius 3 is 2.74 bits per heavy atom. The van der Waals surface area contributed by atoms with Crippen LogP contribution in [0.5, 0.6) is 5.75 Å². The average molecular weight is 279 g/mol. The molecule has 5 nitrogen and oxygen atoms in total. The van der Waals surface area contributed by atoms with Crippen LogP contribution >= 0.6 is 11.6 Å². The minimum Gasteiger partial charge on any atom is -0.497 e. The first-order chi connectivity index (χ1) is 9.06. The van der Waals surface area contributed by atoms with Gasteiger partial charge in [-0.2, -0.15) is 5.26 Å². The number of fused-ring (bicyclic) bond motifs is 1. The zero-order valence-electron chi connectivity index (χ0n) is 10.0. The summed E-state index contributed by atoms with van der Waals surface area (Å²) in [5.74, 6) is 0.637. The van der Waals surface area contributed by atoms with Gasteiger partial charge in [-0.3, -0.25) is 0 Å². The van der Waals surface area contributed by atoms with Crippen LogP contribution < -0.4 is 4.74 Å². The molecule has 2 N–H and O–H groups in total. The highest BCUT2D eigenvalue weighted by atomic mass is 35.5. The van der Waals surface area contributed by atoms with Crippen molar-refractivity contribution >= 4 is 22.5 Å². The molecule has 2 aromatic rings. The topological polar surface area (TPSA) is 86.4 Å². The summed E-state index contributed by atoms with van der Waals surface area (Å²) in [6, 6.07) is 8.34. The van der Waals surface area contributed by atoms with E-state index in [9.17, 15) is 10.2 Å². The van der Waals surface area contributed by atoms with E-state index < -0.39 is 12.2 Å². The van der Waals surface area contributed by atoms with Crippen molar-refractivity contribution < 1.29 is 14.9 Å². The van der Waals surface area contributed by atoms with Gasteiger partial charge in [0.1, 0.15) is 17.0 Å². The Kier molecular flexibility index (Phi) is 3.86. The number of benzene rings is 1. The van der Waals surface area contributed by atoms with E-state index in [1.165, 1.54) is 0 Å². The van der Waals surface area contributed by atoms with Gasteiger partial charge < -0.3 is 14.9 Å². The molecule has 19 heavy (non-hydrogen) atoms. The Hall–Kier alpha value is -1.87. The predicted octanol–water partition coefficient (Wildman–Crippen LogP) is 1.81. The number of hydrogen-bond acceptors (Lipinski definition) is 5. The van der Waals surface area contributed by atoms with Crippen LogP contribution in [-0.4, -0.2) is 28.4 Å². The van der Waals surface area contributed by atoms with Crippen LogP contribution in [0.3, 0.4) is 0 Å². The van der Waals surface area contributed by atoms with E-state index in [1.807, 2.05) is 0 Å². The van der Waals surface area contributed by atoms with Gasteiger partial charge in [0.05, 0.1) is 18.7 Å². The molecule has 6 heteroatoms. The summed E-state index contributed by atoms with van der Waals surface area (Å²) >= 11 is 5.95. The Bertz CT molecular complexity index is 654. The lowest BCUT2D eigenvalue weighted by molar-refractivity contribution is 0.0527. The molecular formula is C13H11ClN2O3. The van der Waals surface area contributed by atoms with Gasteiger partial charge in [0, 0.05) is 10.9 Å². The van der Waals surface area contributed by atoms with Crippen LogP contribution in [0.25, 0.3) is 10.9 Å². The number of hydrogen-bond donors (Lipinski definition) is 2. The van der Waals surface area contributed by atoms with Crippen molar-refractivity contribution in [2.45, 2.75) is 12.2 Å². The average Bonchev–Trinajstić information content (AvgIpc) is 2.44. The third-order valence-corrected chi connectivity index (χ3v) is 3.06. The van der Waals surface area contributed by atoms with Gasteiger partial charge in [-0.25, -0.2) is 4.98 Å². The van der Waals surface area contributed by atoms with Gasteiger partial charge in [-0.05, 0) is 24.3 Å². The number of ether oxygens (including phenoxy) is 1. The van der Waals surface area contributed by atoms with Crippen LogP contribution in [-0.2, 0) is 0 Å². The van der Waals surface area contributed by atoms with E-state index in [-0.39, 0.29) is 10.7 Å². The number of aliphatic hydroxyl groups is 2. The van der Waals surface area contributed by atoms with E-state index in [2.05, 4.69) is 4.98 Å². The second-order valence-corrected chi connectivity index (χ2v) is 4.30. The molecule has 98 valence electrons. The highest BCUT2D eigenvalue weighted by Gasteiger charge is 2.21. The molecule has 0 saturated heterocycles. The van der Waals surface area contributed by atoms with Crippen molar-refractivity contribution in [2.75, 3.05) is 7.11 Å². The molecule has 0 amide bonds. The predicted molar refractivity (Wildman–Crippen MR) is 69.9 cm³/mol. The van der Waals surface area contributed by atoms with E-state index in [1.54, 1.807) is 37.4 Å². The van der Waals surface area contributed by atoms with Crippen molar-refractivity contribution in [3.05, 3.63) is 35.0 Å². The molecule has 2 atom stereocenters. The molecule has 0 radical (unpaired) electrons. The van der Waals surface area contributed by atoms with Gasteiger partial charge in [0.25, 0.3) is 0 Å². The van der Waals surface area contributed by atoms with Crippen molar-refractivity contribution in [3.63, 3.8) is 0 Å². The quantitative estimate of drug-likeness (QED) is 0.660. The zero-order chi connectivity index (χ0) is 14.0. The maximum atomic E-state index is 9.83. The first-order valence-corrected chi connectivity index (χ1v) is 5.84. The van der Waals surface area contributed by atoms with Gasteiger partial charge >= 0.3 is 0 Å². The van der Waals surface area contributed by atoms with Crippen molar-refractivity contribution in [3.8, 4) is 11.8 Å². The number of aromatic nitrogens is 1. The molecule has 0 aliphatic carbocycles. The summed E-state index contributed by atoms with van der Waals surface area (Å²) in [4.78, 5) is 4.12. The van der Waals surface area contributed by atoms with Crippen LogP contribution in [0.1, 0.15) is 11.7 Å². The monoisotopic (exact) mass is 278 g/mol.